The van der Waals surface area contributed by atoms with Crippen molar-refractivity contribution < 1.29 is 9.59 Å². The first-order valence-corrected chi connectivity index (χ1v) is 6.64. The van der Waals surface area contributed by atoms with E-state index in [0.717, 1.165) is 16.9 Å². The van der Waals surface area contributed by atoms with E-state index in [4.69, 9.17) is 17.3 Å². The number of rotatable bonds is 3. The van der Waals surface area contributed by atoms with Crippen LogP contribution in [0.5, 0.6) is 0 Å². The molecule has 0 bridgehead atoms. The van der Waals surface area contributed by atoms with Crippen LogP contribution in [0, 0.1) is 6.92 Å². The number of anilines is 1. The third kappa shape index (κ3) is 3.13. The normalized spacial score (nSPS) is 10.2. The topological polar surface area (TPSA) is 72.2 Å². The van der Waals surface area contributed by atoms with E-state index in [2.05, 4.69) is 5.32 Å². The second-order valence-corrected chi connectivity index (χ2v) is 5.46. The van der Waals surface area contributed by atoms with Crippen molar-refractivity contribution in [2.24, 2.45) is 5.73 Å². The van der Waals surface area contributed by atoms with E-state index in [9.17, 15) is 9.59 Å². The van der Waals surface area contributed by atoms with E-state index in [1.807, 2.05) is 13.0 Å². The van der Waals surface area contributed by atoms with Gasteiger partial charge in [-0.3, -0.25) is 9.59 Å². The second kappa shape index (κ2) is 5.42. The van der Waals surface area contributed by atoms with Gasteiger partial charge in [-0.1, -0.05) is 17.7 Å². The number of amides is 2. The Labute approximate surface area is 119 Å². The van der Waals surface area contributed by atoms with Gasteiger partial charge in [0.1, 0.15) is 0 Å². The molecular weight excluding hydrogens is 284 g/mol. The van der Waals surface area contributed by atoms with E-state index in [-0.39, 0.29) is 5.91 Å². The lowest BCUT2D eigenvalue weighted by Gasteiger charge is -2.06. The second-order valence-electron chi connectivity index (χ2n) is 3.97. The molecule has 4 nitrogen and oxygen atoms in total. The third-order valence-electron chi connectivity index (χ3n) is 2.45. The molecule has 1 heterocycles. The van der Waals surface area contributed by atoms with Gasteiger partial charge in [-0.2, -0.15) is 0 Å². The van der Waals surface area contributed by atoms with Crippen LogP contribution in [-0.2, 0) is 0 Å². The maximum atomic E-state index is 12.0. The smallest absolute Gasteiger partial charge is 0.265 e. The molecular formula is C13H11ClN2O2S. The molecule has 0 radical (unpaired) electrons. The van der Waals surface area contributed by atoms with Gasteiger partial charge >= 0.3 is 0 Å². The molecule has 2 rings (SSSR count). The Morgan fingerprint density at radius 2 is 1.89 bits per heavy atom. The van der Waals surface area contributed by atoms with Crippen molar-refractivity contribution in [3.63, 3.8) is 0 Å². The molecule has 0 aliphatic rings. The summed E-state index contributed by atoms with van der Waals surface area (Å²) < 4.78 is 0. The molecule has 1 aromatic heterocycles. The fraction of sp³-hybridized carbons (Fsp3) is 0.0769. The summed E-state index contributed by atoms with van der Waals surface area (Å²) in [7, 11) is 0. The summed E-state index contributed by atoms with van der Waals surface area (Å²) in [5, 5.41) is 3.17. The van der Waals surface area contributed by atoms with Crippen molar-refractivity contribution in [2.75, 3.05) is 5.32 Å². The monoisotopic (exact) mass is 294 g/mol. The van der Waals surface area contributed by atoms with Gasteiger partial charge in [0.2, 0.25) is 0 Å². The number of halogens is 1. The Hall–Kier alpha value is -1.85. The van der Waals surface area contributed by atoms with Crippen LogP contribution in [0.4, 0.5) is 5.69 Å². The summed E-state index contributed by atoms with van der Waals surface area (Å²) in [6, 6.07) is 8.43. The van der Waals surface area contributed by atoms with Crippen LogP contribution in [-0.4, -0.2) is 11.8 Å². The zero-order valence-electron chi connectivity index (χ0n) is 10.1. The predicted molar refractivity (Wildman–Crippen MR) is 77.0 cm³/mol. The molecule has 0 saturated carbocycles. The lowest BCUT2D eigenvalue weighted by Crippen LogP contribution is -2.11. The van der Waals surface area contributed by atoms with E-state index in [1.165, 1.54) is 6.07 Å². The maximum Gasteiger partial charge on any atom is 0.265 e. The zero-order valence-corrected chi connectivity index (χ0v) is 11.6. The summed E-state index contributed by atoms with van der Waals surface area (Å²) in [4.78, 5) is 23.7. The van der Waals surface area contributed by atoms with Gasteiger partial charge < -0.3 is 11.1 Å². The maximum absolute atomic E-state index is 12.0. The van der Waals surface area contributed by atoms with Gasteiger partial charge in [-0.15, -0.1) is 11.3 Å². The highest BCUT2D eigenvalue weighted by Gasteiger charge is 2.13. The Bertz CT molecular complexity index is 652. The van der Waals surface area contributed by atoms with E-state index >= 15 is 0 Å². The predicted octanol–water partition coefficient (Wildman–Crippen LogP) is 3.06. The Morgan fingerprint density at radius 3 is 2.47 bits per heavy atom. The van der Waals surface area contributed by atoms with E-state index in [1.54, 1.807) is 18.2 Å². The van der Waals surface area contributed by atoms with Crippen molar-refractivity contribution in [2.45, 2.75) is 6.92 Å². The minimum atomic E-state index is -0.544. The summed E-state index contributed by atoms with van der Waals surface area (Å²) in [5.74, 6) is -0.860. The zero-order chi connectivity index (χ0) is 14.0. The van der Waals surface area contributed by atoms with Crippen LogP contribution >= 0.6 is 22.9 Å². The number of carbonyl (C=O) groups excluding carboxylic acids is 2. The molecule has 0 saturated heterocycles. The standard InChI is InChI=1S/C13H11ClN2O2S/c1-7-2-3-9(8(14)6-7)16-13(18)11-5-4-10(19-11)12(15)17/h2-6H,1H3,(H2,15,17)(H,16,18). The summed E-state index contributed by atoms with van der Waals surface area (Å²) in [6.45, 7) is 1.91. The van der Waals surface area contributed by atoms with Crippen molar-refractivity contribution in [3.8, 4) is 0 Å². The number of aryl methyl sites for hydroxylation is 1. The average molecular weight is 295 g/mol. The fourth-order valence-electron chi connectivity index (χ4n) is 1.50. The minimum absolute atomic E-state index is 0.316. The summed E-state index contributed by atoms with van der Waals surface area (Å²) in [6.07, 6.45) is 0. The molecule has 0 aliphatic heterocycles. The molecule has 2 amide bonds. The van der Waals surface area contributed by atoms with E-state index < -0.39 is 5.91 Å². The van der Waals surface area contributed by atoms with Gasteiger partial charge in [0.25, 0.3) is 11.8 Å². The molecule has 6 heteroatoms. The largest absolute Gasteiger partial charge is 0.365 e. The Kier molecular flexibility index (Phi) is 3.87. The lowest BCUT2D eigenvalue weighted by molar-refractivity contribution is 0.100. The van der Waals surface area contributed by atoms with Crippen molar-refractivity contribution in [1.82, 2.24) is 0 Å². The minimum Gasteiger partial charge on any atom is -0.365 e. The first kappa shape index (κ1) is 13.6. The molecule has 0 unspecified atom stereocenters. The quantitative estimate of drug-likeness (QED) is 0.913. The van der Waals surface area contributed by atoms with Crippen molar-refractivity contribution in [1.29, 1.82) is 0 Å². The van der Waals surface area contributed by atoms with Gasteiger partial charge in [-0.25, -0.2) is 0 Å². The summed E-state index contributed by atoms with van der Waals surface area (Å²) >= 11 is 7.08. The van der Waals surface area contributed by atoms with Crippen LogP contribution in [0.3, 0.4) is 0 Å². The van der Waals surface area contributed by atoms with Gasteiger partial charge in [0.05, 0.1) is 20.5 Å². The number of nitrogens with two attached hydrogens (primary N) is 1. The highest BCUT2D eigenvalue weighted by molar-refractivity contribution is 7.16. The molecule has 2 aromatic rings. The average Bonchev–Trinajstić information content (AvgIpc) is 2.82. The van der Waals surface area contributed by atoms with Gasteiger partial charge in [0, 0.05) is 0 Å². The first-order valence-electron chi connectivity index (χ1n) is 5.44. The molecule has 0 fully saturated rings. The van der Waals surface area contributed by atoms with E-state index in [0.29, 0.717) is 20.5 Å². The highest BCUT2D eigenvalue weighted by atomic mass is 35.5. The number of hydrogen-bond acceptors (Lipinski definition) is 3. The molecule has 98 valence electrons. The molecule has 19 heavy (non-hydrogen) atoms. The SMILES string of the molecule is Cc1ccc(NC(=O)c2ccc(C(N)=O)s2)c(Cl)c1. The third-order valence-corrected chi connectivity index (χ3v) is 3.86. The molecule has 3 N–H and O–H groups in total. The lowest BCUT2D eigenvalue weighted by atomic mass is 10.2. The van der Waals surface area contributed by atoms with Crippen molar-refractivity contribution in [3.05, 3.63) is 50.7 Å². The Morgan fingerprint density at radius 1 is 1.21 bits per heavy atom. The number of benzene rings is 1. The molecule has 0 spiro atoms. The number of nitrogens with one attached hydrogen (secondary N) is 1. The number of carbonyl (C=O) groups is 2. The van der Waals surface area contributed by atoms with Gasteiger partial charge in [-0.05, 0) is 36.8 Å². The van der Waals surface area contributed by atoms with Crippen LogP contribution < -0.4 is 11.1 Å². The number of hydrogen-bond donors (Lipinski definition) is 2. The van der Waals surface area contributed by atoms with Crippen molar-refractivity contribution >= 4 is 40.4 Å². The van der Waals surface area contributed by atoms with Gasteiger partial charge in [0.15, 0.2) is 0 Å². The van der Waals surface area contributed by atoms with Crippen LogP contribution in [0.15, 0.2) is 30.3 Å². The summed E-state index contributed by atoms with van der Waals surface area (Å²) in [5.41, 5.74) is 6.68. The first-order chi connectivity index (χ1) is 8.97. The highest BCUT2D eigenvalue weighted by Crippen LogP contribution is 2.24. The molecule has 0 aliphatic carbocycles. The molecule has 0 atom stereocenters. The number of thiophene rings is 1. The Balaban J connectivity index is 2.18. The van der Waals surface area contributed by atoms with Crippen LogP contribution in [0.1, 0.15) is 24.9 Å². The van der Waals surface area contributed by atoms with Crippen LogP contribution in [0.2, 0.25) is 5.02 Å². The van der Waals surface area contributed by atoms with Crippen LogP contribution in [0.25, 0.3) is 0 Å². The fourth-order valence-corrected chi connectivity index (χ4v) is 2.53. The number of primary amides is 1. The molecule has 1 aromatic carbocycles.